The van der Waals surface area contributed by atoms with Gasteiger partial charge in [0.15, 0.2) is 0 Å². The predicted octanol–water partition coefficient (Wildman–Crippen LogP) is 3.69. The second-order valence-electron chi connectivity index (χ2n) is 4.75. The average molecular weight is 274 g/mol. The standard InChI is InChI=1S/C18H14N2O/c19-18(21)16-7-3-4-8-17(16)20-12-13-9-10-14-5-1-2-6-15(14)11-13/h1-12H,(H2,19,21). The maximum absolute atomic E-state index is 11.4. The summed E-state index contributed by atoms with van der Waals surface area (Å²) in [4.78, 5) is 15.7. The fourth-order valence-electron chi connectivity index (χ4n) is 2.23. The molecular formula is C18H14N2O. The molecule has 21 heavy (non-hydrogen) atoms. The van der Waals surface area contributed by atoms with Crippen LogP contribution >= 0.6 is 0 Å². The number of nitrogens with zero attached hydrogens (tertiary/aromatic N) is 1. The van der Waals surface area contributed by atoms with E-state index in [1.807, 2.05) is 24.3 Å². The van der Waals surface area contributed by atoms with Gasteiger partial charge in [0.1, 0.15) is 0 Å². The van der Waals surface area contributed by atoms with Crippen LogP contribution in [0, 0.1) is 0 Å². The molecule has 0 aliphatic heterocycles. The van der Waals surface area contributed by atoms with E-state index in [-0.39, 0.29) is 0 Å². The molecule has 0 spiro atoms. The van der Waals surface area contributed by atoms with Crippen molar-refractivity contribution < 1.29 is 4.79 Å². The van der Waals surface area contributed by atoms with E-state index in [1.165, 1.54) is 5.39 Å². The summed E-state index contributed by atoms with van der Waals surface area (Å²) >= 11 is 0. The van der Waals surface area contributed by atoms with E-state index < -0.39 is 5.91 Å². The Hall–Kier alpha value is -2.94. The van der Waals surface area contributed by atoms with Crippen molar-refractivity contribution in [3.8, 4) is 0 Å². The molecule has 0 fully saturated rings. The number of hydrogen-bond acceptors (Lipinski definition) is 2. The SMILES string of the molecule is NC(=O)c1ccccc1N=Cc1ccc2ccccc2c1. The van der Waals surface area contributed by atoms with Gasteiger partial charge in [0.25, 0.3) is 5.91 Å². The second kappa shape index (κ2) is 5.59. The zero-order valence-corrected chi connectivity index (χ0v) is 11.4. The largest absolute Gasteiger partial charge is 0.366 e. The van der Waals surface area contributed by atoms with Crippen LogP contribution in [-0.2, 0) is 0 Å². The summed E-state index contributed by atoms with van der Waals surface area (Å²) in [6.07, 6.45) is 1.74. The normalized spacial score (nSPS) is 11.0. The first kappa shape index (κ1) is 13.1. The number of fused-ring (bicyclic) bond motifs is 1. The molecule has 0 unspecified atom stereocenters. The maximum atomic E-state index is 11.4. The van der Waals surface area contributed by atoms with Crippen molar-refractivity contribution in [2.75, 3.05) is 0 Å². The van der Waals surface area contributed by atoms with Gasteiger partial charge < -0.3 is 5.73 Å². The fraction of sp³-hybridized carbons (Fsp3) is 0. The lowest BCUT2D eigenvalue weighted by Crippen LogP contribution is -2.10. The second-order valence-corrected chi connectivity index (χ2v) is 4.75. The summed E-state index contributed by atoms with van der Waals surface area (Å²) in [5.74, 6) is -0.471. The number of primary amides is 1. The van der Waals surface area contributed by atoms with Gasteiger partial charge in [-0.3, -0.25) is 9.79 Å². The topological polar surface area (TPSA) is 55.5 Å². The van der Waals surface area contributed by atoms with Crippen molar-refractivity contribution >= 4 is 28.6 Å². The highest BCUT2D eigenvalue weighted by Gasteiger charge is 2.05. The van der Waals surface area contributed by atoms with Crippen LogP contribution in [0.1, 0.15) is 15.9 Å². The van der Waals surface area contributed by atoms with Gasteiger partial charge in [-0.15, -0.1) is 0 Å². The summed E-state index contributed by atoms with van der Waals surface area (Å²) in [5, 5.41) is 2.34. The number of aliphatic imine (C=N–C) groups is 1. The van der Waals surface area contributed by atoms with Crippen molar-refractivity contribution in [1.29, 1.82) is 0 Å². The minimum Gasteiger partial charge on any atom is -0.366 e. The van der Waals surface area contributed by atoms with Crippen LogP contribution in [0.5, 0.6) is 0 Å². The fourth-order valence-corrected chi connectivity index (χ4v) is 2.23. The predicted molar refractivity (Wildman–Crippen MR) is 86.2 cm³/mol. The summed E-state index contributed by atoms with van der Waals surface area (Å²) in [5.41, 5.74) is 7.33. The first-order valence-electron chi connectivity index (χ1n) is 6.66. The Morgan fingerprint density at radius 2 is 1.62 bits per heavy atom. The van der Waals surface area contributed by atoms with E-state index >= 15 is 0 Å². The molecule has 102 valence electrons. The number of carbonyl (C=O) groups is 1. The molecule has 0 aliphatic carbocycles. The first-order valence-corrected chi connectivity index (χ1v) is 6.66. The molecule has 3 nitrogen and oxygen atoms in total. The Balaban J connectivity index is 1.96. The van der Waals surface area contributed by atoms with E-state index in [9.17, 15) is 4.79 Å². The van der Waals surface area contributed by atoms with Gasteiger partial charge in [0.05, 0.1) is 11.3 Å². The van der Waals surface area contributed by atoms with Crippen molar-refractivity contribution in [3.63, 3.8) is 0 Å². The minimum atomic E-state index is -0.471. The molecule has 3 aromatic rings. The molecular weight excluding hydrogens is 260 g/mol. The smallest absolute Gasteiger partial charge is 0.250 e. The number of para-hydroxylation sites is 1. The molecule has 0 aromatic heterocycles. The van der Waals surface area contributed by atoms with E-state index in [0.717, 1.165) is 10.9 Å². The molecule has 3 aromatic carbocycles. The molecule has 0 heterocycles. The number of nitrogens with two attached hydrogens (primary N) is 1. The summed E-state index contributed by atoms with van der Waals surface area (Å²) in [6.45, 7) is 0. The molecule has 2 N–H and O–H groups in total. The van der Waals surface area contributed by atoms with Crippen molar-refractivity contribution in [2.45, 2.75) is 0 Å². The maximum Gasteiger partial charge on any atom is 0.250 e. The van der Waals surface area contributed by atoms with Gasteiger partial charge in [-0.2, -0.15) is 0 Å². The zero-order chi connectivity index (χ0) is 14.7. The van der Waals surface area contributed by atoms with Crippen molar-refractivity contribution in [3.05, 3.63) is 77.9 Å². The van der Waals surface area contributed by atoms with Crippen LogP contribution < -0.4 is 5.73 Å². The molecule has 3 rings (SSSR count). The van der Waals surface area contributed by atoms with E-state index in [1.54, 1.807) is 24.4 Å². The Morgan fingerprint density at radius 3 is 2.43 bits per heavy atom. The van der Waals surface area contributed by atoms with Crippen LogP contribution in [0.2, 0.25) is 0 Å². The van der Waals surface area contributed by atoms with Gasteiger partial charge in [-0.25, -0.2) is 0 Å². The molecule has 0 saturated carbocycles. The molecule has 0 radical (unpaired) electrons. The minimum absolute atomic E-state index is 0.425. The highest BCUT2D eigenvalue weighted by molar-refractivity contribution is 5.99. The van der Waals surface area contributed by atoms with Crippen molar-refractivity contribution in [2.24, 2.45) is 10.7 Å². The zero-order valence-electron chi connectivity index (χ0n) is 11.4. The van der Waals surface area contributed by atoms with Crippen LogP contribution in [0.3, 0.4) is 0 Å². The van der Waals surface area contributed by atoms with Gasteiger partial charge in [0, 0.05) is 6.21 Å². The Kier molecular flexibility index (Phi) is 3.48. The third-order valence-electron chi connectivity index (χ3n) is 3.30. The van der Waals surface area contributed by atoms with Gasteiger partial charge in [-0.05, 0) is 34.5 Å². The van der Waals surface area contributed by atoms with E-state index in [4.69, 9.17) is 5.73 Å². The number of benzene rings is 3. The molecule has 0 aliphatic rings. The number of hydrogen-bond donors (Lipinski definition) is 1. The molecule has 0 saturated heterocycles. The van der Waals surface area contributed by atoms with E-state index in [2.05, 4.69) is 29.3 Å². The third kappa shape index (κ3) is 2.82. The number of carbonyl (C=O) groups excluding carboxylic acids is 1. The quantitative estimate of drug-likeness (QED) is 0.727. The van der Waals surface area contributed by atoms with E-state index in [0.29, 0.717) is 11.3 Å². The average Bonchev–Trinajstić information content (AvgIpc) is 2.53. The van der Waals surface area contributed by atoms with Crippen LogP contribution in [0.25, 0.3) is 10.8 Å². The monoisotopic (exact) mass is 274 g/mol. The molecule has 3 heteroatoms. The summed E-state index contributed by atoms with van der Waals surface area (Å²) in [7, 11) is 0. The first-order chi connectivity index (χ1) is 10.2. The third-order valence-corrected chi connectivity index (χ3v) is 3.30. The lowest BCUT2D eigenvalue weighted by molar-refractivity contribution is 0.100. The lowest BCUT2D eigenvalue weighted by atomic mass is 10.1. The Labute approximate surface area is 122 Å². The van der Waals surface area contributed by atoms with Crippen LogP contribution in [-0.4, -0.2) is 12.1 Å². The molecule has 0 atom stereocenters. The summed E-state index contributed by atoms with van der Waals surface area (Å²) in [6, 6.07) is 21.3. The molecule has 1 amide bonds. The summed E-state index contributed by atoms with van der Waals surface area (Å²) < 4.78 is 0. The van der Waals surface area contributed by atoms with Crippen LogP contribution in [0.15, 0.2) is 71.7 Å². The Bertz CT molecular complexity index is 837. The van der Waals surface area contributed by atoms with Crippen molar-refractivity contribution in [1.82, 2.24) is 0 Å². The number of amides is 1. The number of rotatable bonds is 3. The Morgan fingerprint density at radius 1 is 0.905 bits per heavy atom. The highest BCUT2D eigenvalue weighted by atomic mass is 16.1. The van der Waals surface area contributed by atoms with Gasteiger partial charge in [-0.1, -0.05) is 48.5 Å². The highest BCUT2D eigenvalue weighted by Crippen LogP contribution is 2.19. The lowest BCUT2D eigenvalue weighted by Gasteiger charge is -2.01. The van der Waals surface area contributed by atoms with Gasteiger partial charge in [0.2, 0.25) is 0 Å². The van der Waals surface area contributed by atoms with Gasteiger partial charge >= 0.3 is 0 Å². The molecule has 0 bridgehead atoms. The van der Waals surface area contributed by atoms with Crippen LogP contribution in [0.4, 0.5) is 5.69 Å².